The van der Waals surface area contributed by atoms with Gasteiger partial charge in [0.05, 0.1) is 24.2 Å². The molecule has 0 bridgehead atoms. The summed E-state index contributed by atoms with van der Waals surface area (Å²) in [7, 11) is 1.82. The fourth-order valence-corrected chi connectivity index (χ4v) is 1.97. The highest BCUT2D eigenvalue weighted by atomic mass is 16.3. The van der Waals surface area contributed by atoms with Crippen LogP contribution in [0.2, 0.25) is 0 Å². The molecule has 2 N–H and O–H groups in total. The summed E-state index contributed by atoms with van der Waals surface area (Å²) in [6, 6.07) is 0. The van der Waals surface area contributed by atoms with E-state index in [0.717, 1.165) is 44.0 Å². The molecular formula is C11H18N4O. The van der Waals surface area contributed by atoms with E-state index in [1.807, 2.05) is 7.05 Å². The Morgan fingerprint density at radius 1 is 1.50 bits per heavy atom. The minimum atomic E-state index is -0.182. The van der Waals surface area contributed by atoms with Crippen LogP contribution in [0.4, 0.5) is 5.82 Å². The highest BCUT2D eigenvalue weighted by Crippen LogP contribution is 2.12. The van der Waals surface area contributed by atoms with E-state index in [9.17, 15) is 5.11 Å². The van der Waals surface area contributed by atoms with E-state index in [1.165, 1.54) is 0 Å². The number of piperidine rings is 1. The zero-order valence-corrected chi connectivity index (χ0v) is 9.56. The zero-order valence-electron chi connectivity index (χ0n) is 9.56. The van der Waals surface area contributed by atoms with Gasteiger partial charge in [0.1, 0.15) is 5.82 Å². The van der Waals surface area contributed by atoms with Crippen LogP contribution < -0.4 is 5.32 Å². The fourth-order valence-electron chi connectivity index (χ4n) is 1.97. The van der Waals surface area contributed by atoms with E-state index in [1.54, 1.807) is 12.4 Å². The van der Waals surface area contributed by atoms with E-state index in [0.29, 0.717) is 0 Å². The predicted octanol–water partition coefficient (Wildman–Crippen LogP) is 0.475. The summed E-state index contributed by atoms with van der Waals surface area (Å²) >= 11 is 0. The first kappa shape index (κ1) is 11.3. The van der Waals surface area contributed by atoms with Crippen LogP contribution in [0.5, 0.6) is 0 Å². The summed E-state index contributed by atoms with van der Waals surface area (Å²) in [6.45, 7) is 2.55. The fraction of sp³-hybridized carbons (Fsp3) is 0.636. The molecule has 1 aromatic rings. The third-order valence-electron chi connectivity index (χ3n) is 2.83. The molecule has 2 rings (SSSR count). The Labute approximate surface area is 95.5 Å². The first-order valence-corrected chi connectivity index (χ1v) is 5.67. The minimum Gasteiger partial charge on any atom is -0.392 e. The number of aromatic nitrogens is 2. The van der Waals surface area contributed by atoms with Gasteiger partial charge in [-0.3, -0.25) is 9.88 Å². The van der Waals surface area contributed by atoms with Crippen molar-refractivity contribution in [2.24, 2.45) is 0 Å². The van der Waals surface area contributed by atoms with Gasteiger partial charge in [-0.1, -0.05) is 0 Å². The molecule has 0 amide bonds. The molecule has 2 heterocycles. The summed E-state index contributed by atoms with van der Waals surface area (Å²) in [6.07, 6.45) is 5.31. The maximum Gasteiger partial charge on any atom is 0.144 e. The molecule has 1 saturated heterocycles. The minimum absolute atomic E-state index is 0.182. The van der Waals surface area contributed by atoms with Crippen molar-refractivity contribution < 1.29 is 5.11 Å². The Hall–Kier alpha value is -1.20. The van der Waals surface area contributed by atoms with Crippen molar-refractivity contribution in [2.75, 3.05) is 25.5 Å². The molecule has 1 atom stereocenters. The Bertz CT molecular complexity index is 327. The molecule has 0 aliphatic carbocycles. The number of nitrogens with one attached hydrogen (secondary N) is 1. The predicted molar refractivity (Wildman–Crippen MR) is 62.1 cm³/mol. The second-order valence-corrected chi connectivity index (χ2v) is 4.17. The largest absolute Gasteiger partial charge is 0.392 e. The molecule has 5 heteroatoms. The molecule has 0 saturated carbocycles. The van der Waals surface area contributed by atoms with Crippen molar-refractivity contribution in [3.05, 3.63) is 18.1 Å². The molecule has 1 aliphatic rings. The Morgan fingerprint density at radius 3 is 3.00 bits per heavy atom. The quantitative estimate of drug-likeness (QED) is 0.778. The summed E-state index contributed by atoms with van der Waals surface area (Å²) in [4.78, 5) is 10.8. The van der Waals surface area contributed by atoms with Crippen LogP contribution in [-0.2, 0) is 6.54 Å². The topological polar surface area (TPSA) is 61.3 Å². The lowest BCUT2D eigenvalue weighted by molar-refractivity contribution is 0.0661. The molecule has 0 spiro atoms. The first-order valence-electron chi connectivity index (χ1n) is 5.67. The third-order valence-corrected chi connectivity index (χ3v) is 2.83. The lowest BCUT2D eigenvalue weighted by Crippen LogP contribution is -2.37. The van der Waals surface area contributed by atoms with Crippen LogP contribution in [0.25, 0.3) is 0 Å². The number of hydrogen-bond acceptors (Lipinski definition) is 5. The van der Waals surface area contributed by atoms with Crippen molar-refractivity contribution in [3.63, 3.8) is 0 Å². The van der Waals surface area contributed by atoms with Crippen LogP contribution in [0.1, 0.15) is 18.5 Å². The normalized spacial score (nSPS) is 22.0. The number of β-amino-alcohol motifs (C(OH)–C–C–N with tert-alkyl or cyclic N) is 1. The molecule has 1 aromatic heterocycles. The van der Waals surface area contributed by atoms with Crippen molar-refractivity contribution in [1.82, 2.24) is 14.9 Å². The van der Waals surface area contributed by atoms with Crippen LogP contribution >= 0.6 is 0 Å². The van der Waals surface area contributed by atoms with Crippen LogP contribution in [-0.4, -0.2) is 46.2 Å². The molecule has 0 radical (unpaired) electrons. The Morgan fingerprint density at radius 2 is 2.38 bits per heavy atom. The van der Waals surface area contributed by atoms with Gasteiger partial charge in [-0.05, 0) is 19.4 Å². The molecule has 88 valence electrons. The second-order valence-electron chi connectivity index (χ2n) is 4.17. The molecule has 0 aromatic carbocycles. The number of nitrogens with zero attached hydrogens (tertiary/aromatic N) is 3. The molecule has 5 nitrogen and oxygen atoms in total. The number of hydrogen-bond donors (Lipinski definition) is 2. The summed E-state index contributed by atoms with van der Waals surface area (Å²) < 4.78 is 0. The lowest BCUT2D eigenvalue weighted by atomic mass is 10.1. The van der Waals surface area contributed by atoms with Gasteiger partial charge in [0.25, 0.3) is 0 Å². The van der Waals surface area contributed by atoms with Gasteiger partial charge in [-0.2, -0.15) is 0 Å². The van der Waals surface area contributed by atoms with E-state index < -0.39 is 0 Å². The number of rotatable bonds is 3. The van der Waals surface area contributed by atoms with E-state index >= 15 is 0 Å². The lowest BCUT2D eigenvalue weighted by Gasteiger charge is -2.29. The standard InChI is InChI=1S/C11H18N4O/c1-12-11-6-13-9(5-14-11)7-15-4-2-3-10(16)8-15/h5-6,10,16H,2-4,7-8H2,1H3,(H,12,14). The van der Waals surface area contributed by atoms with Crippen molar-refractivity contribution in [2.45, 2.75) is 25.5 Å². The number of likely N-dealkylation sites (tertiary alicyclic amines) is 1. The number of aliphatic hydroxyl groups is 1. The average Bonchev–Trinajstić information content (AvgIpc) is 2.30. The maximum atomic E-state index is 9.55. The van der Waals surface area contributed by atoms with Crippen LogP contribution in [0.15, 0.2) is 12.4 Å². The van der Waals surface area contributed by atoms with Crippen LogP contribution in [0, 0.1) is 0 Å². The molecule has 1 unspecified atom stereocenters. The van der Waals surface area contributed by atoms with Crippen molar-refractivity contribution in [1.29, 1.82) is 0 Å². The third kappa shape index (κ3) is 2.90. The van der Waals surface area contributed by atoms with E-state index in [-0.39, 0.29) is 6.10 Å². The summed E-state index contributed by atoms with van der Waals surface area (Å²) in [5.41, 5.74) is 0.952. The highest BCUT2D eigenvalue weighted by molar-refractivity contribution is 5.29. The summed E-state index contributed by atoms with van der Waals surface area (Å²) in [5, 5.41) is 12.5. The SMILES string of the molecule is CNc1cnc(CN2CCCC(O)C2)cn1. The van der Waals surface area contributed by atoms with Gasteiger partial charge in [-0.25, -0.2) is 4.98 Å². The first-order chi connectivity index (χ1) is 7.78. The Kier molecular flexibility index (Phi) is 3.69. The monoisotopic (exact) mass is 222 g/mol. The smallest absolute Gasteiger partial charge is 0.144 e. The van der Waals surface area contributed by atoms with Gasteiger partial charge in [0, 0.05) is 20.1 Å². The van der Waals surface area contributed by atoms with Crippen LogP contribution in [0.3, 0.4) is 0 Å². The van der Waals surface area contributed by atoms with Gasteiger partial charge in [0.15, 0.2) is 0 Å². The van der Waals surface area contributed by atoms with E-state index in [2.05, 4.69) is 20.2 Å². The Balaban J connectivity index is 1.92. The van der Waals surface area contributed by atoms with Gasteiger partial charge >= 0.3 is 0 Å². The molecule has 16 heavy (non-hydrogen) atoms. The summed E-state index contributed by atoms with van der Waals surface area (Å²) in [5.74, 6) is 0.780. The number of anilines is 1. The van der Waals surface area contributed by atoms with Crippen molar-refractivity contribution >= 4 is 5.82 Å². The molecular weight excluding hydrogens is 204 g/mol. The maximum absolute atomic E-state index is 9.55. The van der Waals surface area contributed by atoms with Gasteiger partial charge in [0.2, 0.25) is 0 Å². The second kappa shape index (κ2) is 5.23. The van der Waals surface area contributed by atoms with E-state index in [4.69, 9.17) is 0 Å². The number of aliphatic hydroxyl groups excluding tert-OH is 1. The highest BCUT2D eigenvalue weighted by Gasteiger charge is 2.17. The molecule has 1 fully saturated rings. The van der Waals surface area contributed by atoms with Crippen molar-refractivity contribution in [3.8, 4) is 0 Å². The van der Waals surface area contributed by atoms with Gasteiger partial charge < -0.3 is 10.4 Å². The van der Waals surface area contributed by atoms with Gasteiger partial charge in [-0.15, -0.1) is 0 Å². The average molecular weight is 222 g/mol. The zero-order chi connectivity index (χ0) is 11.4. The molecule has 1 aliphatic heterocycles.